The van der Waals surface area contributed by atoms with Gasteiger partial charge in [-0.3, -0.25) is 9.59 Å². The third-order valence-electron chi connectivity index (χ3n) is 3.49. The molecular weight excluding hydrogens is 274 g/mol. The number of nitrogens with two attached hydrogens (primary N) is 1. The van der Waals surface area contributed by atoms with Crippen LogP contribution >= 0.6 is 11.3 Å². The molecule has 2 heterocycles. The Kier molecular flexibility index (Phi) is 5.14. The predicted octanol–water partition coefficient (Wildman–Crippen LogP) is 0.876. The van der Waals surface area contributed by atoms with Gasteiger partial charge in [0.1, 0.15) is 0 Å². The molecule has 6 heteroatoms. The maximum atomic E-state index is 12.1. The number of nitrogens with zero attached hydrogens (tertiary/aromatic N) is 1. The minimum absolute atomic E-state index is 0.0408. The average Bonchev–Trinajstić information content (AvgIpc) is 2.91. The Hall–Kier alpha value is -1.40. The highest BCUT2D eigenvalue weighted by Crippen LogP contribution is 2.24. The van der Waals surface area contributed by atoms with Gasteiger partial charge in [-0.05, 0) is 30.4 Å². The summed E-state index contributed by atoms with van der Waals surface area (Å²) in [7, 11) is 0. The first-order valence-corrected chi connectivity index (χ1v) is 7.80. The minimum atomic E-state index is -0.107. The van der Waals surface area contributed by atoms with E-state index in [2.05, 4.69) is 16.8 Å². The van der Waals surface area contributed by atoms with Gasteiger partial charge in [0.25, 0.3) is 0 Å². The van der Waals surface area contributed by atoms with Crippen LogP contribution in [0.2, 0.25) is 0 Å². The fourth-order valence-corrected chi connectivity index (χ4v) is 3.14. The van der Waals surface area contributed by atoms with Crippen LogP contribution in [-0.4, -0.2) is 35.8 Å². The summed E-state index contributed by atoms with van der Waals surface area (Å²) in [6.45, 7) is 3.70. The quantitative estimate of drug-likeness (QED) is 0.846. The molecule has 1 aromatic heterocycles. The summed E-state index contributed by atoms with van der Waals surface area (Å²) in [6.07, 6.45) is 1.42. The monoisotopic (exact) mass is 295 g/mol. The SMILES string of the molecule is C[C@@H](CN)NC(=O)CCC(=O)N1CCc2sccc2C1. The second-order valence-corrected chi connectivity index (χ2v) is 6.14. The van der Waals surface area contributed by atoms with Crippen molar-refractivity contribution in [1.82, 2.24) is 10.2 Å². The van der Waals surface area contributed by atoms with Crippen molar-refractivity contribution < 1.29 is 9.59 Å². The smallest absolute Gasteiger partial charge is 0.223 e. The van der Waals surface area contributed by atoms with Crippen LogP contribution in [0.4, 0.5) is 0 Å². The van der Waals surface area contributed by atoms with Crippen molar-refractivity contribution in [3.05, 3.63) is 21.9 Å². The largest absolute Gasteiger partial charge is 0.352 e. The summed E-state index contributed by atoms with van der Waals surface area (Å²) in [5.74, 6) is -0.0538. The van der Waals surface area contributed by atoms with E-state index in [1.807, 2.05) is 11.8 Å². The van der Waals surface area contributed by atoms with E-state index >= 15 is 0 Å². The van der Waals surface area contributed by atoms with E-state index in [-0.39, 0.29) is 30.7 Å². The van der Waals surface area contributed by atoms with Gasteiger partial charge >= 0.3 is 0 Å². The first kappa shape index (κ1) is 15.0. The van der Waals surface area contributed by atoms with Crippen LogP contribution in [0.5, 0.6) is 0 Å². The Morgan fingerprint density at radius 1 is 1.50 bits per heavy atom. The van der Waals surface area contributed by atoms with E-state index in [4.69, 9.17) is 5.73 Å². The molecule has 5 nitrogen and oxygen atoms in total. The molecule has 2 amide bonds. The lowest BCUT2D eigenvalue weighted by Crippen LogP contribution is -2.39. The van der Waals surface area contributed by atoms with Gasteiger partial charge in [-0.15, -0.1) is 11.3 Å². The van der Waals surface area contributed by atoms with Crippen LogP contribution in [0.15, 0.2) is 11.4 Å². The Labute approximate surface area is 123 Å². The van der Waals surface area contributed by atoms with Crippen LogP contribution in [0.3, 0.4) is 0 Å². The second kappa shape index (κ2) is 6.85. The van der Waals surface area contributed by atoms with Crippen molar-refractivity contribution in [1.29, 1.82) is 0 Å². The molecule has 2 rings (SSSR count). The fourth-order valence-electron chi connectivity index (χ4n) is 2.25. The van der Waals surface area contributed by atoms with E-state index in [1.54, 1.807) is 11.3 Å². The molecule has 0 radical (unpaired) electrons. The highest BCUT2D eigenvalue weighted by atomic mass is 32.1. The molecule has 0 aromatic carbocycles. The predicted molar refractivity (Wildman–Crippen MR) is 79.3 cm³/mol. The summed E-state index contributed by atoms with van der Waals surface area (Å²) in [5.41, 5.74) is 6.69. The Bertz CT molecular complexity index is 487. The molecule has 1 aromatic rings. The molecule has 0 fully saturated rings. The van der Waals surface area contributed by atoms with E-state index in [0.717, 1.165) is 13.0 Å². The Morgan fingerprint density at radius 3 is 3.05 bits per heavy atom. The molecule has 0 saturated heterocycles. The van der Waals surface area contributed by atoms with Crippen LogP contribution in [0, 0.1) is 0 Å². The molecule has 1 aliphatic rings. The number of nitrogens with one attached hydrogen (secondary N) is 1. The zero-order valence-electron chi connectivity index (χ0n) is 11.7. The summed E-state index contributed by atoms with van der Waals surface area (Å²) in [6, 6.07) is 2.04. The summed E-state index contributed by atoms with van der Waals surface area (Å²) in [5, 5.41) is 4.84. The van der Waals surface area contributed by atoms with E-state index in [9.17, 15) is 9.59 Å². The van der Waals surface area contributed by atoms with E-state index in [0.29, 0.717) is 13.1 Å². The number of amides is 2. The fraction of sp³-hybridized carbons (Fsp3) is 0.571. The van der Waals surface area contributed by atoms with Crippen molar-refractivity contribution in [2.75, 3.05) is 13.1 Å². The molecule has 0 saturated carbocycles. The van der Waals surface area contributed by atoms with Gasteiger partial charge in [0, 0.05) is 43.4 Å². The molecular formula is C14H21N3O2S. The molecule has 1 atom stereocenters. The number of thiophene rings is 1. The van der Waals surface area contributed by atoms with Gasteiger partial charge in [-0.1, -0.05) is 0 Å². The van der Waals surface area contributed by atoms with Crippen LogP contribution in [-0.2, 0) is 22.6 Å². The summed E-state index contributed by atoms with van der Waals surface area (Å²) < 4.78 is 0. The normalized spacial score (nSPS) is 15.6. The maximum Gasteiger partial charge on any atom is 0.223 e. The first-order valence-electron chi connectivity index (χ1n) is 6.92. The van der Waals surface area contributed by atoms with Gasteiger partial charge in [0.15, 0.2) is 0 Å². The molecule has 0 bridgehead atoms. The summed E-state index contributed by atoms with van der Waals surface area (Å²) in [4.78, 5) is 27.0. The molecule has 0 spiro atoms. The number of hydrogen-bond donors (Lipinski definition) is 2. The highest BCUT2D eigenvalue weighted by molar-refractivity contribution is 7.10. The van der Waals surface area contributed by atoms with Crippen molar-refractivity contribution in [3.8, 4) is 0 Å². The third-order valence-corrected chi connectivity index (χ3v) is 4.51. The molecule has 0 unspecified atom stereocenters. The van der Waals surface area contributed by atoms with Gasteiger partial charge in [-0.2, -0.15) is 0 Å². The average molecular weight is 295 g/mol. The summed E-state index contributed by atoms with van der Waals surface area (Å²) >= 11 is 1.75. The topological polar surface area (TPSA) is 75.4 Å². The van der Waals surface area contributed by atoms with E-state index in [1.165, 1.54) is 10.4 Å². The van der Waals surface area contributed by atoms with Crippen LogP contribution in [0.1, 0.15) is 30.2 Å². The number of fused-ring (bicyclic) bond motifs is 1. The lowest BCUT2D eigenvalue weighted by molar-refractivity contribution is -0.134. The van der Waals surface area contributed by atoms with Crippen molar-refractivity contribution in [2.45, 2.75) is 38.8 Å². The van der Waals surface area contributed by atoms with Crippen molar-refractivity contribution in [3.63, 3.8) is 0 Å². The molecule has 0 aliphatic carbocycles. The standard InChI is InChI=1S/C14H21N3O2S/c1-10(8-15)16-13(18)2-3-14(19)17-6-4-12-11(9-17)5-7-20-12/h5,7,10H,2-4,6,8-9,15H2,1H3,(H,16,18)/t10-/m0/s1. The third kappa shape index (κ3) is 3.80. The second-order valence-electron chi connectivity index (χ2n) is 5.14. The number of carbonyl (C=O) groups excluding carboxylic acids is 2. The van der Waals surface area contributed by atoms with Gasteiger partial charge < -0.3 is 16.0 Å². The number of hydrogen-bond acceptors (Lipinski definition) is 4. The molecule has 20 heavy (non-hydrogen) atoms. The number of carbonyl (C=O) groups is 2. The first-order chi connectivity index (χ1) is 9.60. The Balaban J connectivity index is 1.77. The lowest BCUT2D eigenvalue weighted by atomic mass is 10.1. The van der Waals surface area contributed by atoms with Gasteiger partial charge in [0.05, 0.1) is 0 Å². The van der Waals surface area contributed by atoms with Crippen molar-refractivity contribution >= 4 is 23.2 Å². The molecule has 3 N–H and O–H groups in total. The zero-order chi connectivity index (χ0) is 14.5. The minimum Gasteiger partial charge on any atom is -0.352 e. The number of rotatable bonds is 5. The van der Waals surface area contributed by atoms with Gasteiger partial charge in [-0.25, -0.2) is 0 Å². The van der Waals surface area contributed by atoms with Crippen LogP contribution in [0.25, 0.3) is 0 Å². The molecule has 1 aliphatic heterocycles. The highest BCUT2D eigenvalue weighted by Gasteiger charge is 2.21. The zero-order valence-corrected chi connectivity index (χ0v) is 12.5. The lowest BCUT2D eigenvalue weighted by Gasteiger charge is -2.27. The van der Waals surface area contributed by atoms with Crippen molar-refractivity contribution in [2.24, 2.45) is 5.73 Å². The van der Waals surface area contributed by atoms with E-state index < -0.39 is 0 Å². The molecule has 110 valence electrons. The van der Waals surface area contributed by atoms with Crippen LogP contribution < -0.4 is 11.1 Å². The van der Waals surface area contributed by atoms with Gasteiger partial charge in [0.2, 0.25) is 11.8 Å². The maximum absolute atomic E-state index is 12.1. The Morgan fingerprint density at radius 2 is 2.30 bits per heavy atom.